The number of aryl methyl sites for hydroxylation is 1. The molecule has 1 amide bonds. The smallest absolute Gasteiger partial charge is 0.227 e. The minimum atomic E-state index is 0.158. The van der Waals surface area contributed by atoms with Crippen LogP contribution in [0.15, 0.2) is 54.9 Å². The molecule has 0 fully saturated rings. The molecule has 0 bridgehead atoms. The van der Waals surface area contributed by atoms with E-state index in [1.807, 2.05) is 25.4 Å². The second-order valence-electron chi connectivity index (χ2n) is 6.47. The van der Waals surface area contributed by atoms with E-state index in [1.165, 1.54) is 5.56 Å². The molecule has 0 saturated carbocycles. The topological polar surface area (TPSA) is 55.3 Å². The number of nitrogens with zero attached hydrogens (tertiary/aromatic N) is 3. The van der Waals surface area contributed by atoms with E-state index < -0.39 is 0 Å². The Balaban J connectivity index is 1.55. The zero-order valence-electron chi connectivity index (χ0n) is 14.9. The standard InChI is InChI=1S/C21H18ClN3O2/c1-25-18-7-5-15(10-16(18)6-8-21(25)26)17-9-14(11-23-12-17)13-27-20-4-2-3-19(22)24-20/h2-5,7,9-12H,6,8,13H2,1H3. The van der Waals surface area contributed by atoms with Crippen molar-refractivity contribution in [2.24, 2.45) is 0 Å². The number of rotatable bonds is 4. The summed E-state index contributed by atoms with van der Waals surface area (Å²) in [7, 11) is 1.82. The maximum atomic E-state index is 11.9. The third-order valence-electron chi connectivity index (χ3n) is 4.63. The van der Waals surface area contributed by atoms with E-state index in [2.05, 4.69) is 22.1 Å². The fourth-order valence-electron chi connectivity index (χ4n) is 3.19. The predicted molar refractivity (Wildman–Crippen MR) is 105 cm³/mol. The average molecular weight is 380 g/mol. The molecule has 1 aliphatic heterocycles. The molecular formula is C21H18ClN3O2. The van der Waals surface area contributed by atoms with Crippen molar-refractivity contribution in [1.82, 2.24) is 9.97 Å². The lowest BCUT2D eigenvalue weighted by Gasteiger charge is -2.26. The molecule has 6 heteroatoms. The maximum Gasteiger partial charge on any atom is 0.227 e. The van der Waals surface area contributed by atoms with Gasteiger partial charge in [0.15, 0.2) is 0 Å². The van der Waals surface area contributed by atoms with Crippen molar-refractivity contribution in [2.45, 2.75) is 19.4 Å². The molecule has 0 radical (unpaired) electrons. The van der Waals surface area contributed by atoms with Crippen molar-refractivity contribution < 1.29 is 9.53 Å². The Morgan fingerprint density at radius 1 is 1.11 bits per heavy atom. The van der Waals surface area contributed by atoms with Crippen molar-refractivity contribution >= 4 is 23.2 Å². The number of carbonyl (C=O) groups is 1. The molecule has 27 heavy (non-hydrogen) atoms. The molecule has 4 rings (SSSR count). The number of carbonyl (C=O) groups excluding carboxylic acids is 1. The number of benzene rings is 1. The number of pyridine rings is 2. The largest absolute Gasteiger partial charge is 0.473 e. The lowest BCUT2D eigenvalue weighted by Crippen LogP contribution is -2.30. The summed E-state index contributed by atoms with van der Waals surface area (Å²) >= 11 is 5.88. The molecule has 0 atom stereocenters. The summed E-state index contributed by atoms with van der Waals surface area (Å²) < 4.78 is 5.70. The molecule has 3 aromatic rings. The van der Waals surface area contributed by atoms with E-state index in [9.17, 15) is 4.79 Å². The zero-order chi connectivity index (χ0) is 18.8. The van der Waals surface area contributed by atoms with Gasteiger partial charge in [-0.3, -0.25) is 9.78 Å². The van der Waals surface area contributed by atoms with Crippen LogP contribution in [0.2, 0.25) is 5.15 Å². The van der Waals surface area contributed by atoms with Crippen LogP contribution in [0.25, 0.3) is 11.1 Å². The molecule has 3 heterocycles. The maximum absolute atomic E-state index is 11.9. The van der Waals surface area contributed by atoms with E-state index in [1.54, 1.807) is 29.3 Å². The lowest BCUT2D eigenvalue weighted by molar-refractivity contribution is -0.118. The van der Waals surface area contributed by atoms with E-state index in [0.717, 1.165) is 28.8 Å². The van der Waals surface area contributed by atoms with Crippen LogP contribution in [0.5, 0.6) is 5.88 Å². The van der Waals surface area contributed by atoms with Crippen LogP contribution >= 0.6 is 11.6 Å². The zero-order valence-corrected chi connectivity index (χ0v) is 15.6. The van der Waals surface area contributed by atoms with Gasteiger partial charge in [0.05, 0.1) is 0 Å². The highest BCUT2D eigenvalue weighted by Gasteiger charge is 2.21. The van der Waals surface area contributed by atoms with E-state index in [4.69, 9.17) is 16.3 Å². The highest BCUT2D eigenvalue weighted by Crippen LogP contribution is 2.31. The Bertz CT molecular complexity index is 1010. The number of anilines is 1. The third kappa shape index (κ3) is 3.78. The number of hydrogen-bond acceptors (Lipinski definition) is 4. The van der Waals surface area contributed by atoms with Crippen LogP contribution in [0.3, 0.4) is 0 Å². The average Bonchev–Trinajstić information content (AvgIpc) is 2.69. The van der Waals surface area contributed by atoms with Gasteiger partial charge in [-0.2, -0.15) is 0 Å². The number of fused-ring (bicyclic) bond motifs is 1. The van der Waals surface area contributed by atoms with Crippen LogP contribution in [0.4, 0.5) is 5.69 Å². The van der Waals surface area contributed by atoms with Crippen molar-refractivity contribution in [3.05, 3.63) is 71.1 Å². The van der Waals surface area contributed by atoms with E-state index in [0.29, 0.717) is 24.1 Å². The first kappa shape index (κ1) is 17.5. The first-order valence-corrected chi connectivity index (χ1v) is 9.07. The lowest BCUT2D eigenvalue weighted by atomic mass is 9.96. The fourth-order valence-corrected chi connectivity index (χ4v) is 3.34. The fraction of sp³-hybridized carbons (Fsp3) is 0.190. The van der Waals surface area contributed by atoms with Crippen molar-refractivity contribution in [2.75, 3.05) is 11.9 Å². The number of halogens is 1. The van der Waals surface area contributed by atoms with Crippen LogP contribution < -0.4 is 9.64 Å². The van der Waals surface area contributed by atoms with Crippen LogP contribution in [0.1, 0.15) is 17.5 Å². The van der Waals surface area contributed by atoms with Crippen LogP contribution in [-0.4, -0.2) is 22.9 Å². The van der Waals surface area contributed by atoms with Crippen molar-refractivity contribution in [1.29, 1.82) is 0 Å². The monoisotopic (exact) mass is 379 g/mol. The second-order valence-corrected chi connectivity index (χ2v) is 6.85. The van der Waals surface area contributed by atoms with E-state index >= 15 is 0 Å². The molecule has 5 nitrogen and oxygen atoms in total. The Morgan fingerprint density at radius 2 is 2.00 bits per heavy atom. The highest BCUT2D eigenvalue weighted by molar-refractivity contribution is 6.29. The summed E-state index contributed by atoms with van der Waals surface area (Å²) in [5, 5.41) is 0.400. The van der Waals surface area contributed by atoms with Gasteiger partial charge in [-0.25, -0.2) is 4.98 Å². The van der Waals surface area contributed by atoms with Gasteiger partial charge in [-0.15, -0.1) is 0 Å². The van der Waals surface area contributed by atoms with Gasteiger partial charge in [0, 0.05) is 48.7 Å². The van der Waals surface area contributed by atoms with Crippen molar-refractivity contribution in [3.63, 3.8) is 0 Å². The van der Waals surface area contributed by atoms with Crippen molar-refractivity contribution in [3.8, 4) is 17.0 Å². The molecule has 0 saturated heterocycles. The minimum absolute atomic E-state index is 0.158. The minimum Gasteiger partial charge on any atom is -0.473 e. The first-order chi connectivity index (χ1) is 13.1. The number of amides is 1. The molecule has 0 unspecified atom stereocenters. The molecular weight excluding hydrogens is 362 g/mol. The number of ether oxygens (including phenoxy) is 1. The van der Waals surface area contributed by atoms with Gasteiger partial charge in [0.2, 0.25) is 11.8 Å². The molecule has 1 aliphatic rings. The predicted octanol–water partition coefficient (Wildman–Crippen LogP) is 4.29. The molecule has 2 aromatic heterocycles. The van der Waals surface area contributed by atoms with Gasteiger partial charge in [-0.1, -0.05) is 23.7 Å². The Kier molecular flexibility index (Phi) is 4.77. The third-order valence-corrected chi connectivity index (χ3v) is 4.84. The van der Waals surface area contributed by atoms with Crippen LogP contribution in [0, 0.1) is 0 Å². The normalized spacial score (nSPS) is 13.4. The summed E-state index contributed by atoms with van der Waals surface area (Å²) in [6.07, 6.45) is 4.92. The number of hydrogen-bond donors (Lipinski definition) is 0. The molecule has 0 spiro atoms. The molecule has 136 valence electrons. The van der Waals surface area contributed by atoms with Gasteiger partial charge >= 0.3 is 0 Å². The Morgan fingerprint density at radius 3 is 2.85 bits per heavy atom. The van der Waals surface area contributed by atoms with Gasteiger partial charge in [0.1, 0.15) is 11.8 Å². The Hall–Kier alpha value is -2.92. The summed E-state index contributed by atoms with van der Waals surface area (Å²) in [6.45, 7) is 0.358. The summed E-state index contributed by atoms with van der Waals surface area (Å²) in [4.78, 5) is 22.0. The van der Waals surface area contributed by atoms with Gasteiger partial charge < -0.3 is 9.64 Å². The molecule has 1 aromatic carbocycles. The molecule has 0 N–H and O–H groups in total. The highest BCUT2D eigenvalue weighted by atomic mass is 35.5. The number of aromatic nitrogens is 2. The Labute approximate surface area is 162 Å². The second kappa shape index (κ2) is 7.37. The first-order valence-electron chi connectivity index (χ1n) is 8.69. The summed E-state index contributed by atoms with van der Waals surface area (Å²) in [5.74, 6) is 0.639. The molecule has 0 aliphatic carbocycles. The summed E-state index contributed by atoms with van der Waals surface area (Å²) in [6, 6.07) is 13.5. The van der Waals surface area contributed by atoms with Crippen LogP contribution in [-0.2, 0) is 17.8 Å². The van der Waals surface area contributed by atoms with E-state index in [-0.39, 0.29) is 5.91 Å². The quantitative estimate of drug-likeness (QED) is 0.635. The van der Waals surface area contributed by atoms with Gasteiger partial charge in [0.25, 0.3) is 0 Å². The SMILES string of the molecule is CN1C(=O)CCc2cc(-c3cncc(COc4cccc(Cl)n4)c3)ccc21. The summed E-state index contributed by atoms with van der Waals surface area (Å²) in [5.41, 5.74) is 5.19. The van der Waals surface area contributed by atoms with Gasteiger partial charge in [-0.05, 0) is 41.8 Å².